The van der Waals surface area contributed by atoms with Crippen molar-refractivity contribution in [3.05, 3.63) is 29.3 Å². The van der Waals surface area contributed by atoms with Crippen molar-refractivity contribution in [2.24, 2.45) is 5.92 Å². The lowest BCUT2D eigenvalue weighted by molar-refractivity contribution is -0.126. The molecule has 1 aromatic rings. The highest BCUT2D eigenvalue weighted by molar-refractivity contribution is 5.79. The maximum absolute atomic E-state index is 12.2. The highest BCUT2D eigenvalue weighted by Gasteiger charge is 2.24. The molecule has 3 nitrogen and oxygen atoms in total. The van der Waals surface area contributed by atoms with Gasteiger partial charge in [-0.2, -0.15) is 0 Å². The average Bonchev–Trinajstić information content (AvgIpc) is 2.40. The van der Waals surface area contributed by atoms with E-state index in [2.05, 4.69) is 25.2 Å². The molecule has 3 N–H and O–H groups in total. The second-order valence-electron chi connectivity index (χ2n) is 5.43. The molecule has 1 aliphatic carbocycles. The first-order chi connectivity index (χ1) is 9.15. The molecule has 1 unspecified atom stereocenters. The average molecular weight is 260 g/mol. The maximum atomic E-state index is 12.2. The van der Waals surface area contributed by atoms with E-state index >= 15 is 0 Å². The van der Waals surface area contributed by atoms with Gasteiger partial charge in [0.1, 0.15) is 0 Å². The first-order valence-corrected chi connectivity index (χ1v) is 7.34. The molecule has 0 aromatic heterocycles. The van der Waals surface area contributed by atoms with Crippen LogP contribution in [0.5, 0.6) is 0 Å². The zero-order valence-corrected chi connectivity index (χ0v) is 11.9. The first kappa shape index (κ1) is 13.9. The lowest BCUT2D eigenvalue weighted by atomic mass is 9.87. The van der Waals surface area contributed by atoms with Gasteiger partial charge in [-0.1, -0.05) is 19.9 Å². The number of fused-ring (bicyclic) bond motifs is 1. The standard InChI is InChI=1S/C16H24N2O/c1-3-11(4-2)16(19)18-15-7-5-6-12-10-13(17)8-9-14(12)15/h8-11,15H,3-7,17H2,1-2H3,(H,18,19). The van der Waals surface area contributed by atoms with Crippen LogP contribution in [0.3, 0.4) is 0 Å². The van der Waals surface area contributed by atoms with E-state index in [0.717, 1.165) is 37.8 Å². The highest BCUT2D eigenvalue weighted by atomic mass is 16.1. The molecule has 3 heteroatoms. The summed E-state index contributed by atoms with van der Waals surface area (Å²) >= 11 is 0. The lowest BCUT2D eigenvalue weighted by Gasteiger charge is -2.28. The van der Waals surface area contributed by atoms with E-state index in [1.54, 1.807) is 0 Å². The van der Waals surface area contributed by atoms with Crippen LogP contribution in [-0.4, -0.2) is 5.91 Å². The molecular formula is C16H24N2O. The normalized spacial score (nSPS) is 18.2. The van der Waals surface area contributed by atoms with Crippen LogP contribution < -0.4 is 11.1 Å². The summed E-state index contributed by atoms with van der Waals surface area (Å²) in [6, 6.07) is 6.21. The van der Waals surface area contributed by atoms with E-state index in [9.17, 15) is 4.79 Å². The molecule has 1 aromatic carbocycles. The second-order valence-corrected chi connectivity index (χ2v) is 5.43. The van der Waals surface area contributed by atoms with Gasteiger partial charge >= 0.3 is 0 Å². The van der Waals surface area contributed by atoms with E-state index in [1.807, 2.05) is 12.1 Å². The molecule has 0 aliphatic heterocycles. The van der Waals surface area contributed by atoms with Crippen molar-refractivity contribution < 1.29 is 4.79 Å². The van der Waals surface area contributed by atoms with Crippen LogP contribution in [0.1, 0.15) is 56.7 Å². The summed E-state index contributed by atoms with van der Waals surface area (Å²) in [7, 11) is 0. The molecule has 1 atom stereocenters. The molecule has 1 amide bonds. The Hall–Kier alpha value is -1.51. The van der Waals surface area contributed by atoms with Crippen molar-refractivity contribution in [1.29, 1.82) is 0 Å². The topological polar surface area (TPSA) is 55.1 Å². The second kappa shape index (κ2) is 6.09. The molecule has 0 spiro atoms. The van der Waals surface area contributed by atoms with Crippen molar-refractivity contribution in [1.82, 2.24) is 5.32 Å². The quantitative estimate of drug-likeness (QED) is 0.817. The van der Waals surface area contributed by atoms with Crippen molar-refractivity contribution in [3.8, 4) is 0 Å². The van der Waals surface area contributed by atoms with Crippen LogP contribution in [0.25, 0.3) is 0 Å². The first-order valence-electron chi connectivity index (χ1n) is 7.34. The fraction of sp³-hybridized carbons (Fsp3) is 0.562. The van der Waals surface area contributed by atoms with E-state index in [4.69, 9.17) is 5.73 Å². The fourth-order valence-electron chi connectivity index (χ4n) is 2.93. The molecule has 1 aliphatic rings. The number of amides is 1. The van der Waals surface area contributed by atoms with Crippen LogP contribution in [0.4, 0.5) is 5.69 Å². The molecule has 2 rings (SSSR count). The van der Waals surface area contributed by atoms with E-state index in [-0.39, 0.29) is 17.9 Å². The Morgan fingerprint density at radius 1 is 1.42 bits per heavy atom. The zero-order valence-electron chi connectivity index (χ0n) is 11.9. The predicted octanol–water partition coefficient (Wildman–Crippen LogP) is 3.20. The Labute approximate surface area is 115 Å². The summed E-state index contributed by atoms with van der Waals surface area (Å²) < 4.78 is 0. The molecule has 0 fully saturated rings. The van der Waals surface area contributed by atoms with Gasteiger partial charge in [-0.15, -0.1) is 0 Å². The monoisotopic (exact) mass is 260 g/mol. The number of anilines is 1. The Kier molecular flexibility index (Phi) is 4.46. The summed E-state index contributed by atoms with van der Waals surface area (Å²) in [5, 5.41) is 3.22. The van der Waals surface area contributed by atoms with Crippen LogP contribution in [0, 0.1) is 5.92 Å². The number of hydrogen-bond donors (Lipinski definition) is 2. The van der Waals surface area contributed by atoms with Crippen LogP contribution >= 0.6 is 0 Å². The molecule has 0 saturated heterocycles. The van der Waals surface area contributed by atoms with Gasteiger partial charge in [-0.05, 0) is 55.4 Å². The van der Waals surface area contributed by atoms with Crippen LogP contribution in [-0.2, 0) is 11.2 Å². The summed E-state index contributed by atoms with van der Waals surface area (Å²) in [5.41, 5.74) is 9.19. The molecule has 0 radical (unpaired) electrons. The third kappa shape index (κ3) is 3.09. The van der Waals surface area contributed by atoms with Gasteiger partial charge in [0, 0.05) is 11.6 Å². The zero-order chi connectivity index (χ0) is 13.8. The summed E-state index contributed by atoms with van der Waals surface area (Å²) in [6.07, 6.45) is 5.03. The third-order valence-corrected chi connectivity index (χ3v) is 4.15. The number of rotatable bonds is 4. The van der Waals surface area contributed by atoms with E-state index in [0.29, 0.717) is 0 Å². The van der Waals surface area contributed by atoms with Gasteiger partial charge in [0.05, 0.1) is 6.04 Å². The molecule has 0 bridgehead atoms. The molecule has 0 heterocycles. The number of benzene rings is 1. The molecule has 104 valence electrons. The Morgan fingerprint density at radius 2 is 2.16 bits per heavy atom. The Balaban J connectivity index is 2.13. The Bertz CT molecular complexity index is 452. The molecular weight excluding hydrogens is 236 g/mol. The van der Waals surface area contributed by atoms with Gasteiger partial charge in [-0.25, -0.2) is 0 Å². The summed E-state index contributed by atoms with van der Waals surface area (Å²) in [4.78, 5) is 12.2. The van der Waals surface area contributed by atoms with Gasteiger partial charge < -0.3 is 11.1 Å². The smallest absolute Gasteiger partial charge is 0.223 e. The number of carbonyl (C=O) groups is 1. The van der Waals surface area contributed by atoms with Crippen molar-refractivity contribution in [2.45, 2.75) is 52.0 Å². The van der Waals surface area contributed by atoms with Gasteiger partial charge in [0.2, 0.25) is 5.91 Å². The number of nitrogens with one attached hydrogen (secondary N) is 1. The largest absolute Gasteiger partial charge is 0.399 e. The number of aryl methyl sites for hydroxylation is 1. The number of nitrogen functional groups attached to an aromatic ring is 1. The molecule has 19 heavy (non-hydrogen) atoms. The molecule has 0 saturated carbocycles. The minimum Gasteiger partial charge on any atom is -0.399 e. The van der Waals surface area contributed by atoms with Gasteiger partial charge in [0.15, 0.2) is 0 Å². The number of nitrogens with two attached hydrogens (primary N) is 1. The SMILES string of the molecule is CCC(CC)C(=O)NC1CCCc2cc(N)ccc21. The fourth-order valence-corrected chi connectivity index (χ4v) is 2.93. The van der Waals surface area contributed by atoms with Crippen molar-refractivity contribution >= 4 is 11.6 Å². The van der Waals surface area contributed by atoms with Crippen LogP contribution in [0.15, 0.2) is 18.2 Å². The highest BCUT2D eigenvalue weighted by Crippen LogP contribution is 2.31. The summed E-state index contributed by atoms with van der Waals surface area (Å²) in [5.74, 6) is 0.332. The van der Waals surface area contributed by atoms with Crippen LogP contribution in [0.2, 0.25) is 0 Å². The minimum atomic E-state index is 0.138. The van der Waals surface area contributed by atoms with Crippen molar-refractivity contribution in [2.75, 3.05) is 5.73 Å². The lowest BCUT2D eigenvalue weighted by Crippen LogP contribution is -2.35. The Morgan fingerprint density at radius 3 is 2.84 bits per heavy atom. The predicted molar refractivity (Wildman–Crippen MR) is 78.7 cm³/mol. The third-order valence-electron chi connectivity index (χ3n) is 4.15. The summed E-state index contributed by atoms with van der Waals surface area (Å²) in [6.45, 7) is 4.15. The van der Waals surface area contributed by atoms with E-state index in [1.165, 1.54) is 11.1 Å². The van der Waals surface area contributed by atoms with Crippen molar-refractivity contribution in [3.63, 3.8) is 0 Å². The van der Waals surface area contributed by atoms with Gasteiger partial charge in [-0.3, -0.25) is 4.79 Å². The van der Waals surface area contributed by atoms with Gasteiger partial charge in [0.25, 0.3) is 0 Å². The maximum Gasteiger partial charge on any atom is 0.223 e. The van der Waals surface area contributed by atoms with E-state index < -0.39 is 0 Å². The number of hydrogen-bond acceptors (Lipinski definition) is 2. The number of carbonyl (C=O) groups excluding carboxylic acids is 1. The minimum absolute atomic E-state index is 0.138.